The summed E-state index contributed by atoms with van der Waals surface area (Å²) in [5.41, 5.74) is 2.16. The second-order valence-corrected chi connectivity index (χ2v) is 9.95. The lowest BCUT2D eigenvalue weighted by Gasteiger charge is -2.43. The zero-order chi connectivity index (χ0) is 23.7. The number of hydrogen-bond acceptors (Lipinski definition) is 7. The summed E-state index contributed by atoms with van der Waals surface area (Å²) in [4.78, 5) is 11.3. The van der Waals surface area contributed by atoms with Gasteiger partial charge in [-0.3, -0.25) is 4.98 Å². The molecule has 1 saturated carbocycles. The Kier molecular flexibility index (Phi) is 6.14. The first-order valence-corrected chi connectivity index (χ1v) is 12.0. The second kappa shape index (κ2) is 9.23. The standard InChI is InChI=1S/C25H27BrN6O2/c1-25(33)11-18(12-25)16-31(15-17-5-7-20(34-2)8-6-17)23-10-22(29-19-4-3-9-27-13-19)30-24-21(26)14-28-32(23)24/h3-10,13-14,18,33H,11-12,15-16H2,1-2H3,(H,29,30). The first-order valence-electron chi connectivity index (χ1n) is 11.2. The van der Waals surface area contributed by atoms with Crippen LogP contribution in [0.4, 0.5) is 17.3 Å². The molecule has 0 radical (unpaired) electrons. The number of ether oxygens (including phenoxy) is 1. The van der Waals surface area contributed by atoms with Crippen molar-refractivity contribution in [3.05, 3.63) is 71.1 Å². The van der Waals surface area contributed by atoms with Crippen LogP contribution in [0.5, 0.6) is 5.75 Å². The predicted molar refractivity (Wildman–Crippen MR) is 136 cm³/mol. The Bertz CT molecular complexity index is 1270. The quantitative estimate of drug-likeness (QED) is 0.343. The number of halogens is 1. The highest BCUT2D eigenvalue weighted by Crippen LogP contribution is 2.39. The van der Waals surface area contributed by atoms with E-state index in [1.807, 2.05) is 41.8 Å². The number of anilines is 3. The van der Waals surface area contributed by atoms with Gasteiger partial charge in [0.1, 0.15) is 17.4 Å². The third-order valence-electron chi connectivity index (χ3n) is 6.14. The van der Waals surface area contributed by atoms with Crippen molar-refractivity contribution in [2.24, 2.45) is 5.92 Å². The van der Waals surface area contributed by atoms with E-state index in [2.05, 4.69) is 48.4 Å². The van der Waals surface area contributed by atoms with Gasteiger partial charge in [-0.1, -0.05) is 12.1 Å². The summed E-state index contributed by atoms with van der Waals surface area (Å²) in [6, 6.07) is 14.0. The maximum atomic E-state index is 10.3. The summed E-state index contributed by atoms with van der Waals surface area (Å²) in [5, 5.41) is 18.3. The van der Waals surface area contributed by atoms with Crippen LogP contribution in [0.2, 0.25) is 0 Å². The first kappa shape index (κ1) is 22.6. The van der Waals surface area contributed by atoms with Gasteiger partial charge in [-0.15, -0.1) is 0 Å². The van der Waals surface area contributed by atoms with Crippen molar-refractivity contribution in [2.45, 2.75) is 31.9 Å². The summed E-state index contributed by atoms with van der Waals surface area (Å²) in [6.07, 6.45) is 6.83. The fourth-order valence-electron chi connectivity index (χ4n) is 4.61. The minimum atomic E-state index is -0.578. The predicted octanol–water partition coefficient (Wildman–Crippen LogP) is 4.81. The zero-order valence-corrected chi connectivity index (χ0v) is 20.7. The fraction of sp³-hybridized carbons (Fsp3) is 0.320. The molecule has 0 saturated heterocycles. The lowest BCUT2D eigenvalue weighted by atomic mass is 9.72. The molecule has 34 heavy (non-hydrogen) atoms. The lowest BCUT2D eigenvalue weighted by molar-refractivity contribution is -0.0542. The highest BCUT2D eigenvalue weighted by atomic mass is 79.9. The van der Waals surface area contributed by atoms with Crippen LogP contribution in [-0.4, -0.2) is 43.9 Å². The molecule has 3 heterocycles. The monoisotopic (exact) mass is 522 g/mol. The molecule has 9 heteroatoms. The average Bonchev–Trinajstić information content (AvgIpc) is 3.19. The van der Waals surface area contributed by atoms with E-state index in [1.54, 1.807) is 25.7 Å². The number of nitrogens with zero attached hydrogens (tertiary/aromatic N) is 5. The zero-order valence-electron chi connectivity index (χ0n) is 19.1. The van der Waals surface area contributed by atoms with Crippen molar-refractivity contribution in [1.82, 2.24) is 19.6 Å². The molecular weight excluding hydrogens is 496 g/mol. The highest BCUT2D eigenvalue weighted by molar-refractivity contribution is 9.10. The molecule has 4 aromatic rings. The number of nitrogens with one attached hydrogen (secondary N) is 1. The molecule has 176 valence electrons. The van der Waals surface area contributed by atoms with Gasteiger partial charge in [-0.25, -0.2) is 4.98 Å². The molecule has 0 unspecified atom stereocenters. The Balaban J connectivity index is 1.52. The second-order valence-electron chi connectivity index (χ2n) is 9.09. The summed E-state index contributed by atoms with van der Waals surface area (Å²) in [5.74, 6) is 2.85. The average molecular weight is 523 g/mol. The Labute approximate surface area is 206 Å². The number of fused-ring (bicyclic) bond motifs is 1. The third kappa shape index (κ3) is 4.85. The van der Waals surface area contributed by atoms with Gasteiger partial charge in [-0.05, 0) is 71.4 Å². The van der Waals surface area contributed by atoms with Crippen LogP contribution in [0.25, 0.3) is 5.65 Å². The van der Waals surface area contributed by atoms with Gasteiger partial charge >= 0.3 is 0 Å². The minimum Gasteiger partial charge on any atom is -0.497 e. The van der Waals surface area contributed by atoms with E-state index in [0.717, 1.165) is 52.3 Å². The van der Waals surface area contributed by atoms with Crippen molar-refractivity contribution >= 4 is 38.9 Å². The number of aromatic nitrogens is 4. The van der Waals surface area contributed by atoms with Crippen molar-refractivity contribution in [3.8, 4) is 5.75 Å². The number of methoxy groups -OCH3 is 1. The molecule has 0 bridgehead atoms. The summed E-state index contributed by atoms with van der Waals surface area (Å²) in [7, 11) is 1.67. The van der Waals surface area contributed by atoms with Crippen LogP contribution in [0.3, 0.4) is 0 Å². The van der Waals surface area contributed by atoms with Crippen LogP contribution >= 0.6 is 15.9 Å². The molecule has 0 atom stereocenters. The highest BCUT2D eigenvalue weighted by Gasteiger charge is 2.39. The SMILES string of the molecule is COc1ccc(CN(CC2CC(C)(O)C2)c2cc(Nc3cccnc3)nc3c(Br)cnn23)cc1. The van der Waals surface area contributed by atoms with Crippen LogP contribution in [0.15, 0.2) is 65.5 Å². The smallest absolute Gasteiger partial charge is 0.173 e. The first-order chi connectivity index (χ1) is 16.4. The number of rotatable bonds is 8. The Morgan fingerprint density at radius 2 is 2.03 bits per heavy atom. The van der Waals surface area contributed by atoms with Crippen molar-refractivity contribution in [2.75, 3.05) is 23.9 Å². The minimum absolute atomic E-state index is 0.394. The molecular formula is C25H27BrN6O2. The van der Waals surface area contributed by atoms with Gasteiger partial charge in [0.2, 0.25) is 0 Å². The van der Waals surface area contributed by atoms with E-state index in [0.29, 0.717) is 18.3 Å². The summed E-state index contributed by atoms with van der Waals surface area (Å²) >= 11 is 3.59. The Hall–Kier alpha value is -3.17. The van der Waals surface area contributed by atoms with Crippen LogP contribution in [0.1, 0.15) is 25.3 Å². The van der Waals surface area contributed by atoms with Gasteiger partial charge in [0.05, 0.1) is 35.3 Å². The molecule has 1 aliphatic carbocycles. The normalized spacial score (nSPS) is 19.6. The number of pyridine rings is 1. The van der Waals surface area contributed by atoms with Gasteiger partial charge in [0.15, 0.2) is 5.65 Å². The molecule has 0 spiro atoms. The van der Waals surface area contributed by atoms with E-state index in [-0.39, 0.29) is 0 Å². The molecule has 8 nitrogen and oxygen atoms in total. The molecule has 2 N–H and O–H groups in total. The van der Waals surface area contributed by atoms with E-state index in [9.17, 15) is 5.11 Å². The number of hydrogen-bond donors (Lipinski definition) is 2. The molecule has 0 aliphatic heterocycles. The van der Waals surface area contributed by atoms with E-state index >= 15 is 0 Å². The van der Waals surface area contributed by atoms with Crippen LogP contribution in [-0.2, 0) is 6.54 Å². The van der Waals surface area contributed by atoms with E-state index < -0.39 is 5.60 Å². The van der Waals surface area contributed by atoms with Gasteiger partial charge in [-0.2, -0.15) is 9.61 Å². The van der Waals surface area contributed by atoms with Gasteiger partial charge in [0, 0.05) is 25.4 Å². The summed E-state index contributed by atoms with van der Waals surface area (Å²) < 4.78 is 8.00. The maximum absolute atomic E-state index is 10.3. The van der Waals surface area contributed by atoms with Gasteiger partial charge < -0.3 is 20.1 Å². The van der Waals surface area contributed by atoms with Crippen LogP contribution in [0, 0.1) is 5.92 Å². The molecule has 1 aromatic carbocycles. The van der Waals surface area contributed by atoms with Crippen molar-refractivity contribution < 1.29 is 9.84 Å². The Morgan fingerprint density at radius 3 is 2.71 bits per heavy atom. The number of benzene rings is 1. The molecule has 3 aromatic heterocycles. The largest absolute Gasteiger partial charge is 0.497 e. The van der Waals surface area contributed by atoms with Crippen molar-refractivity contribution in [3.63, 3.8) is 0 Å². The van der Waals surface area contributed by atoms with E-state index in [4.69, 9.17) is 9.72 Å². The molecule has 0 amide bonds. The van der Waals surface area contributed by atoms with Crippen LogP contribution < -0.4 is 15.0 Å². The third-order valence-corrected chi connectivity index (χ3v) is 6.70. The van der Waals surface area contributed by atoms with Crippen molar-refractivity contribution in [1.29, 1.82) is 0 Å². The van der Waals surface area contributed by atoms with Gasteiger partial charge in [0.25, 0.3) is 0 Å². The Morgan fingerprint density at radius 1 is 1.24 bits per heavy atom. The maximum Gasteiger partial charge on any atom is 0.173 e. The molecule has 1 aliphatic rings. The molecule has 5 rings (SSSR count). The molecule has 1 fully saturated rings. The topological polar surface area (TPSA) is 87.8 Å². The number of aliphatic hydroxyl groups is 1. The summed E-state index contributed by atoms with van der Waals surface area (Å²) in [6.45, 7) is 3.39. The fourth-order valence-corrected chi connectivity index (χ4v) is 4.96. The van der Waals surface area contributed by atoms with E-state index in [1.165, 1.54) is 0 Å². The lowest BCUT2D eigenvalue weighted by Crippen LogP contribution is -2.46.